The van der Waals surface area contributed by atoms with E-state index in [2.05, 4.69) is 0 Å². The van der Waals surface area contributed by atoms with Crippen LogP contribution in [0.15, 0.2) is 56.6 Å². The second-order valence-corrected chi connectivity index (χ2v) is 5.04. The van der Waals surface area contributed by atoms with Crippen molar-refractivity contribution in [3.63, 3.8) is 0 Å². The Morgan fingerprint density at radius 1 is 1.15 bits per heavy atom. The van der Waals surface area contributed by atoms with E-state index in [9.17, 15) is 9.59 Å². The van der Waals surface area contributed by atoms with E-state index in [1.807, 2.05) is 6.26 Å². The molecule has 0 aliphatic heterocycles. The van der Waals surface area contributed by atoms with Gasteiger partial charge in [-0.25, -0.2) is 0 Å². The van der Waals surface area contributed by atoms with Crippen molar-refractivity contribution >= 4 is 23.3 Å². The highest BCUT2D eigenvalue weighted by Gasteiger charge is 2.22. The zero-order valence-electron chi connectivity index (χ0n) is 11.2. The fourth-order valence-corrected chi connectivity index (χ4v) is 2.43. The second kappa shape index (κ2) is 6.43. The number of hydrogen-bond acceptors (Lipinski definition) is 5. The van der Waals surface area contributed by atoms with Crippen LogP contribution in [0.25, 0.3) is 0 Å². The molecule has 0 aliphatic rings. The molecule has 0 bridgehead atoms. The van der Waals surface area contributed by atoms with Gasteiger partial charge in [0.1, 0.15) is 0 Å². The van der Waals surface area contributed by atoms with E-state index in [1.54, 1.807) is 31.2 Å². The first kappa shape index (κ1) is 14.4. The first-order chi connectivity index (χ1) is 9.63. The van der Waals surface area contributed by atoms with Crippen LogP contribution in [0.4, 0.5) is 0 Å². The normalized spacial score (nSPS) is 13.2. The van der Waals surface area contributed by atoms with Gasteiger partial charge in [0.2, 0.25) is 11.6 Å². The Labute approximate surface area is 120 Å². The summed E-state index contributed by atoms with van der Waals surface area (Å²) >= 11 is 1.37. The molecule has 0 radical (unpaired) electrons. The zero-order valence-corrected chi connectivity index (χ0v) is 12.0. The van der Waals surface area contributed by atoms with Gasteiger partial charge < -0.3 is 8.83 Å². The molecule has 2 heterocycles. The molecule has 0 aliphatic carbocycles. The Hall–Kier alpha value is -2.01. The van der Waals surface area contributed by atoms with E-state index in [0.29, 0.717) is 10.7 Å². The number of allylic oxidation sites excluding steroid dienone is 2. The van der Waals surface area contributed by atoms with Crippen LogP contribution >= 0.6 is 11.8 Å². The van der Waals surface area contributed by atoms with Crippen molar-refractivity contribution in [3.8, 4) is 0 Å². The maximum absolute atomic E-state index is 12.2. The van der Waals surface area contributed by atoms with E-state index in [1.165, 1.54) is 30.4 Å². The van der Waals surface area contributed by atoms with Crippen LogP contribution in [0.2, 0.25) is 0 Å². The third kappa shape index (κ3) is 3.11. The second-order valence-electron chi connectivity index (χ2n) is 4.16. The highest BCUT2D eigenvalue weighted by Crippen LogP contribution is 2.26. The van der Waals surface area contributed by atoms with Crippen LogP contribution in [0.1, 0.15) is 28.0 Å². The number of carbonyl (C=O) groups excluding carboxylic acids is 2. The van der Waals surface area contributed by atoms with Gasteiger partial charge in [0.25, 0.3) is 0 Å². The summed E-state index contributed by atoms with van der Waals surface area (Å²) in [5.41, 5.74) is 0. The molecule has 2 rings (SSSR count). The van der Waals surface area contributed by atoms with Gasteiger partial charge in [0.05, 0.1) is 18.4 Å². The van der Waals surface area contributed by atoms with E-state index in [0.717, 1.165) is 0 Å². The molecule has 0 amide bonds. The molecular formula is C15H14O4S. The van der Waals surface area contributed by atoms with Crippen molar-refractivity contribution in [3.05, 3.63) is 59.3 Å². The molecule has 2 aromatic rings. The molecule has 2 aromatic heterocycles. The Bertz CT molecular complexity index is 608. The third-order valence-corrected chi connectivity index (χ3v) is 3.80. The first-order valence-corrected chi connectivity index (χ1v) is 7.27. The average Bonchev–Trinajstić information content (AvgIpc) is 3.15. The van der Waals surface area contributed by atoms with Crippen LogP contribution in [0.3, 0.4) is 0 Å². The van der Waals surface area contributed by atoms with E-state index in [-0.39, 0.29) is 17.3 Å². The minimum atomic E-state index is -0.435. The molecule has 0 saturated carbocycles. The Balaban J connectivity index is 2.19. The monoisotopic (exact) mass is 290 g/mol. The van der Waals surface area contributed by atoms with E-state index < -0.39 is 5.92 Å². The minimum Gasteiger partial charge on any atom is -0.461 e. The number of Topliss-reactive ketones (excluding diaryl/α,β-unsaturated/α-hetero) is 1. The van der Waals surface area contributed by atoms with Crippen molar-refractivity contribution in [2.45, 2.75) is 6.92 Å². The van der Waals surface area contributed by atoms with Gasteiger partial charge in [-0.3, -0.25) is 9.59 Å². The maximum atomic E-state index is 12.2. The molecule has 0 spiro atoms. The van der Waals surface area contributed by atoms with Gasteiger partial charge in [-0.05, 0) is 41.5 Å². The largest absolute Gasteiger partial charge is 0.461 e. The first-order valence-electron chi connectivity index (χ1n) is 6.04. The van der Waals surface area contributed by atoms with Crippen LogP contribution in [-0.2, 0) is 0 Å². The lowest BCUT2D eigenvalue weighted by molar-refractivity contribution is 0.0924. The number of thioether (sulfide) groups is 1. The van der Waals surface area contributed by atoms with Crippen LogP contribution in [0.5, 0.6) is 0 Å². The fourth-order valence-electron chi connectivity index (χ4n) is 1.74. The summed E-state index contributed by atoms with van der Waals surface area (Å²) in [5.74, 6) is -0.284. The standard InChI is InChI=1S/C15H14O4S/c1-10(15(17)13-6-4-8-19-13)14(20-2)9-11(16)12-5-3-7-18-12/h3-10H,1-2H3/b14-9+/t10-/m0/s1. The molecule has 5 heteroatoms. The third-order valence-electron chi connectivity index (χ3n) is 2.86. The average molecular weight is 290 g/mol. The van der Waals surface area contributed by atoms with Gasteiger partial charge in [-0.1, -0.05) is 6.92 Å². The number of rotatable bonds is 6. The highest BCUT2D eigenvalue weighted by molar-refractivity contribution is 8.02. The molecule has 0 aromatic carbocycles. The predicted octanol–water partition coefficient (Wildman–Crippen LogP) is 3.82. The SMILES string of the molecule is CS/C(=C/C(=O)c1ccco1)[C@H](C)C(=O)c1ccco1. The van der Waals surface area contributed by atoms with Crippen LogP contribution in [-0.4, -0.2) is 17.8 Å². The zero-order chi connectivity index (χ0) is 14.5. The molecule has 4 nitrogen and oxygen atoms in total. The van der Waals surface area contributed by atoms with Gasteiger partial charge in [0, 0.05) is 0 Å². The summed E-state index contributed by atoms with van der Waals surface area (Å²) in [7, 11) is 0. The highest BCUT2D eigenvalue weighted by atomic mass is 32.2. The van der Waals surface area contributed by atoms with Crippen LogP contribution in [0, 0.1) is 5.92 Å². The Morgan fingerprint density at radius 3 is 2.25 bits per heavy atom. The lowest BCUT2D eigenvalue weighted by atomic mass is 10.0. The van der Waals surface area contributed by atoms with Crippen molar-refractivity contribution in [1.82, 2.24) is 0 Å². The molecule has 0 saturated heterocycles. The summed E-state index contributed by atoms with van der Waals surface area (Å²) < 4.78 is 10.1. The van der Waals surface area contributed by atoms with Gasteiger partial charge in [-0.15, -0.1) is 11.8 Å². The molecular weight excluding hydrogens is 276 g/mol. The summed E-state index contributed by atoms with van der Waals surface area (Å²) in [6, 6.07) is 6.52. The molecule has 104 valence electrons. The number of carbonyl (C=O) groups is 2. The molecule has 0 unspecified atom stereocenters. The summed E-state index contributed by atoms with van der Waals surface area (Å²) in [5, 5.41) is 0. The Morgan fingerprint density at radius 2 is 1.75 bits per heavy atom. The quantitative estimate of drug-likeness (QED) is 0.598. The van der Waals surface area contributed by atoms with Crippen molar-refractivity contribution in [2.24, 2.45) is 5.92 Å². The molecule has 1 atom stereocenters. The number of hydrogen-bond donors (Lipinski definition) is 0. The number of furan rings is 2. The molecule has 0 N–H and O–H groups in total. The summed E-state index contributed by atoms with van der Waals surface area (Å²) in [6.45, 7) is 1.75. The Kier molecular flexibility index (Phi) is 4.63. The van der Waals surface area contributed by atoms with Gasteiger partial charge in [0.15, 0.2) is 11.5 Å². The topological polar surface area (TPSA) is 60.4 Å². The van der Waals surface area contributed by atoms with E-state index >= 15 is 0 Å². The molecule has 0 fully saturated rings. The van der Waals surface area contributed by atoms with Gasteiger partial charge in [-0.2, -0.15) is 0 Å². The van der Waals surface area contributed by atoms with E-state index in [4.69, 9.17) is 8.83 Å². The van der Waals surface area contributed by atoms with Crippen LogP contribution < -0.4 is 0 Å². The molecule has 20 heavy (non-hydrogen) atoms. The lowest BCUT2D eigenvalue weighted by Crippen LogP contribution is -2.12. The van der Waals surface area contributed by atoms with Crippen molar-refractivity contribution in [1.29, 1.82) is 0 Å². The number of ketones is 2. The minimum absolute atomic E-state index is 0.150. The fraction of sp³-hybridized carbons (Fsp3) is 0.200. The van der Waals surface area contributed by atoms with Crippen molar-refractivity contribution < 1.29 is 18.4 Å². The summed E-state index contributed by atoms with van der Waals surface area (Å²) in [6.07, 6.45) is 6.16. The van der Waals surface area contributed by atoms with Gasteiger partial charge >= 0.3 is 0 Å². The maximum Gasteiger partial charge on any atom is 0.221 e. The smallest absolute Gasteiger partial charge is 0.221 e. The van der Waals surface area contributed by atoms with Crippen molar-refractivity contribution in [2.75, 3.05) is 6.26 Å². The lowest BCUT2D eigenvalue weighted by Gasteiger charge is -2.11. The predicted molar refractivity (Wildman–Crippen MR) is 76.8 cm³/mol. The summed E-state index contributed by atoms with van der Waals surface area (Å²) in [4.78, 5) is 24.8.